The van der Waals surface area contributed by atoms with Gasteiger partial charge < -0.3 is 39.9 Å². The molecule has 1 aliphatic heterocycles. The van der Waals surface area contributed by atoms with E-state index in [1.807, 2.05) is 0 Å². The fourth-order valence-electron chi connectivity index (χ4n) is 8.39. The molecule has 0 aliphatic carbocycles. The zero-order chi connectivity index (χ0) is 51.6. The number of nitrogens with two attached hydrogens (primary N) is 1. The minimum absolute atomic E-state index is 0.0568. The largest absolute Gasteiger partial charge is 0.481 e. The number of aliphatic hydroxyl groups is 2. The number of phosphoric ester groups is 2. The fourth-order valence-corrected chi connectivity index (χ4v) is 10.5. The second-order valence-corrected chi connectivity index (χ2v) is 23.1. The minimum Gasteiger partial charge on any atom is -0.462 e. The number of ether oxygens (including phenoxy) is 3. The molecule has 7 atom stereocenters. The van der Waals surface area contributed by atoms with E-state index in [-0.39, 0.29) is 18.7 Å². The lowest BCUT2D eigenvalue weighted by Gasteiger charge is -2.21. The Labute approximate surface area is 419 Å². The van der Waals surface area contributed by atoms with E-state index in [4.69, 9.17) is 29.0 Å². The van der Waals surface area contributed by atoms with Gasteiger partial charge in [0, 0.05) is 19.0 Å². The van der Waals surface area contributed by atoms with E-state index in [0.717, 1.165) is 67.8 Å². The number of hydrogen-bond acceptors (Lipinski definition) is 15. The van der Waals surface area contributed by atoms with Crippen molar-refractivity contribution < 1.29 is 66.3 Å². The average Bonchev–Trinajstić information content (AvgIpc) is 3.57. The summed E-state index contributed by atoms with van der Waals surface area (Å²) in [4.78, 5) is 62.0. The number of rotatable bonds is 44. The summed E-state index contributed by atoms with van der Waals surface area (Å²) in [6.45, 7) is 6.83. The van der Waals surface area contributed by atoms with Crippen molar-refractivity contribution in [2.75, 3.05) is 25.6 Å². The Balaban J connectivity index is 1.77. The predicted molar refractivity (Wildman–Crippen MR) is 270 cm³/mol. The first-order valence-electron chi connectivity index (χ1n) is 26.8. The first-order chi connectivity index (χ1) is 33.4. The van der Waals surface area contributed by atoms with Crippen molar-refractivity contribution in [3.8, 4) is 0 Å². The van der Waals surface area contributed by atoms with Crippen LogP contribution in [0.5, 0.6) is 0 Å². The number of hydrogen-bond donors (Lipinski definition) is 5. The lowest BCUT2D eigenvalue weighted by atomic mass is 10.0. The number of anilines is 1. The molecule has 1 fully saturated rings. The third-order valence-corrected chi connectivity index (χ3v) is 15.1. The normalized spacial score (nSPS) is 19.3. The van der Waals surface area contributed by atoms with Gasteiger partial charge in [-0.05, 0) is 30.7 Å². The third-order valence-electron chi connectivity index (χ3n) is 12.5. The van der Waals surface area contributed by atoms with Gasteiger partial charge in [-0.3, -0.25) is 23.2 Å². The molecule has 1 aromatic rings. The molecule has 70 heavy (non-hydrogen) atoms. The summed E-state index contributed by atoms with van der Waals surface area (Å²) in [7, 11) is -10.8. The SMILES string of the molecule is CC(C)CCCCCCCCCCCCCCCC(=O)OC[C@H](COP(=O)(O)OP(=O)(O)OC[C@H]1O[C@@H](n2ccc(N)nc2=O)C(O)[C@H]1O)OC(=O)CCCCCCCCCCCCCCCC(C)C. The quantitative estimate of drug-likeness (QED) is 0.0231. The van der Waals surface area contributed by atoms with E-state index in [0.29, 0.717) is 12.8 Å². The molecule has 1 aliphatic rings. The number of phosphoric acid groups is 2. The van der Waals surface area contributed by atoms with Crippen LogP contribution < -0.4 is 11.4 Å². The Morgan fingerprint density at radius 3 is 1.50 bits per heavy atom. The zero-order valence-corrected chi connectivity index (χ0v) is 45.0. The van der Waals surface area contributed by atoms with Crippen molar-refractivity contribution in [3.63, 3.8) is 0 Å². The van der Waals surface area contributed by atoms with Crippen LogP contribution in [0.4, 0.5) is 5.82 Å². The molecule has 1 aromatic heterocycles. The van der Waals surface area contributed by atoms with Crippen LogP contribution in [-0.4, -0.2) is 85.7 Å². The van der Waals surface area contributed by atoms with Crippen LogP contribution in [0.3, 0.4) is 0 Å². The van der Waals surface area contributed by atoms with E-state index < -0.39 is 83.7 Å². The highest BCUT2D eigenvalue weighted by Crippen LogP contribution is 2.60. The lowest BCUT2D eigenvalue weighted by molar-refractivity contribution is -0.161. The van der Waals surface area contributed by atoms with Gasteiger partial charge in [0.15, 0.2) is 12.3 Å². The first kappa shape index (κ1) is 63.9. The maximum Gasteiger partial charge on any atom is 0.481 e. The molecule has 18 nitrogen and oxygen atoms in total. The van der Waals surface area contributed by atoms with Gasteiger partial charge in [0.05, 0.1) is 13.2 Å². The Bertz CT molecular complexity index is 1700. The summed E-state index contributed by atoms with van der Waals surface area (Å²) in [5.74, 6) is 0.298. The number of esters is 2. The Kier molecular flexibility index (Phi) is 34.2. The molecule has 0 radical (unpaired) electrons. The van der Waals surface area contributed by atoms with E-state index in [1.165, 1.54) is 128 Å². The number of carbonyl (C=O) groups is 2. The van der Waals surface area contributed by atoms with Crippen molar-refractivity contribution in [3.05, 3.63) is 22.7 Å². The Morgan fingerprint density at radius 2 is 1.06 bits per heavy atom. The van der Waals surface area contributed by atoms with E-state index in [9.17, 15) is 43.5 Å². The number of aromatic nitrogens is 2. The average molecular weight is 1040 g/mol. The van der Waals surface area contributed by atoms with Crippen molar-refractivity contribution in [2.45, 2.75) is 251 Å². The van der Waals surface area contributed by atoms with Gasteiger partial charge in [-0.2, -0.15) is 9.29 Å². The van der Waals surface area contributed by atoms with Gasteiger partial charge in [-0.1, -0.05) is 195 Å². The molecule has 408 valence electrons. The van der Waals surface area contributed by atoms with Crippen molar-refractivity contribution >= 4 is 33.4 Å². The van der Waals surface area contributed by atoms with Crippen LogP contribution in [0.1, 0.15) is 227 Å². The molecular formula is C50H93N3O15P2. The monoisotopic (exact) mass is 1040 g/mol. The lowest BCUT2D eigenvalue weighted by Crippen LogP contribution is -2.36. The summed E-state index contributed by atoms with van der Waals surface area (Å²) in [6, 6.07) is 1.25. The molecule has 0 bridgehead atoms. The molecule has 20 heteroatoms. The molecule has 1 saturated heterocycles. The van der Waals surface area contributed by atoms with Crippen molar-refractivity contribution in [1.29, 1.82) is 0 Å². The van der Waals surface area contributed by atoms with Crippen LogP contribution in [0.25, 0.3) is 0 Å². The van der Waals surface area contributed by atoms with Crippen LogP contribution in [0, 0.1) is 11.8 Å². The predicted octanol–water partition coefficient (Wildman–Crippen LogP) is 11.2. The Morgan fingerprint density at radius 1 is 0.643 bits per heavy atom. The van der Waals surface area contributed by atoms with Crippen molar-refractivity contribution in [2.24, 2.45) is 11.8 Å². The second-order valence-electron chi connectivity index (χ2n) is 20.1. The smallest absolute Gasteiger partial charge is 0.462 e. The molecule has 2 rings (SSSR count). The van der Waals surface area contributed by atoms with E-state index in [2.05, 4.69) is 37.0 Å². The van der Waals surface area contributed by atoms with Crippen LogP contribution in [0.15, 0.2) is 17.1 Å². The molecule has 0 amide bonds. The van der Waals surface area contributed by atoms with Crippen molar-refractivity contribution in [1.82, 2.24) is 9.55 Å². The maximum atomic E-state index is 12.9. The van der Waals surface area contributed by atoms with E-state index in [1.54, 1.807) is 0 Å². The number of aliphatic hydroxyl groups excluding tert-OH is 2. The highest BCUT2D eigenvalue weighted by atomic mass is 31.3. The zero-order valence-electron chi connectivity index (χ0n) is 43.2. The molecule has 3 unspecified atom stereocenters. The topological polar surface area (TPSA) is 265 Å². The molecule has 2 heterocycles. The van der Waals surface area contributed by atoms with Gasteiger partial charge in [0.1, 0.15) is 30.7 Å². The number of unbranched alkanes of at least 4 members (excludes halogenated alkanes) is 24. The summed E-state index contributed by atoms with van der Waals surface area (Å²) < 4.78 is 56.9. The van der Waals surface area contributed by atoms with Gasteiger partial charge in [0.25, 0.3) is 0 Å². The first-order valence-corrected chi connectivity index (χ1v) is 29.8. The fraction of sp³-hybridized carbons (Fsp3) is 0.880. The van der Waals surface area contributed by atoms with Gasteiger partial charge in [-0.25, -0.2) is 13.9 Å². The molecule has 0 saturated carbocycles. The summed E-state index contributed by atoms with van der Waals surface area (Å²) in [5.41, 5.74) is 4.60. The van der Waals surface area contributed by atoms with Crippen LogP contribution in [-0.2, 0) is 46.3 Å². The molecule has 0 spiro atoms. The summed E-state index contributed by atoms with van der Waals surface area (Å²) >= 11 is 0. The summed E-state index contributed by atoms with van der Waals surface area (Å²) in [5, 5.41) is 20.9. The number of nitrogens with zero attached hydrogens (tertiary/aromatic N) is 2. The standard InChI is InChI=1S/C50H93N3O15P2/c1-40(2)31-27-23-19-15-11-7-5-9-13-17-21-25-29-33-45(54)63-37-42(66-46(55)34-30-26-22-18-14-10-6-8-12-16-20-24-28-32-41(3)4)38-64-69(59,60)68-70(61,62)65-39-43-47(56)48(57)49(67-43)53-36-35-44(51)52-50(53)58/h35-36,40-43,47-49,56-57H,5-34,37-39H2,1-4H3,(H,59,60)(H,61,62)(H2,51,52,58)/t42-,43-,47+,48?,49-/m1/s1. The highest BCUT2D eigenvalue weighted by Gasteiger charge is 2.46. The maximum absolute atomic E-state index is 12.9. The minimum atomic E-state index is -5.42. The van der Waals surface area contributed by atoms with Crippen LogP contribution in [0.2, 0.25) is 0 Å². The van der Waals surface area contributed by atoms with Gasteiger partial charge in [-0.15, -0.1) is 0 Å². The second kappa shape index (κ2) is 37.5. The summed E-state index contributed by atoms with van der Waals surface area (Å²) in [6.07, 6.45) is 26.2. The number of carbonyl (C=O) groups excluding carboxylic acids is 2. The third kappa shape index (κ3) is 31.4. The van der Waals surface area contributed by atoms with Gasteiger partial charge in [0.2, 0.25) is 0 Å². The van der Waals surface area contributed by atoms with Crippen LogP contribution >= 0.6 is 15.6 Å². The number of nitrogen functional groups attached to an aromatic ring is 1. The van der Waals surface area contributed by atoms with Gasteiger partial charge >= 0.3 is 33.3 Å². The van der Waals surface area contributed by atoms with E-state index >= 15 is 0 Å². The molecule has 0 aromatic carbocycles. The highest BCUT2D eigenvalue weighted by molar-refractivity contribution is 7.61. The Hall–Kier alpha value is -2.24. The molecule has 6 N–H and O–H groups in total. The molecular weight excluding hydrogens is 945 g/mol.